The Bertz CT molecular complexity index is 697. The third-order valence-corrected chi connectivity index (χ3v) is 4.19. The van der Waals surface area contributed by atoms with Crippen molar-refractivity contribution >= 4 is 17.6 Å². The van der Waals surface area contributed by atoms with Gasteiger partial charge >= 0.3 is 0 Å². The van der Waals surface area contributed by atoms with E-state index < -0.39 is 0 Å². The van der Waals surface area contributed by atoms with Gasteiger partial charge in [-0.3, -0.25) is 4.99 Å². The predicted octanol–water partition coefficient (Wildman–Crippen LogP) is 2.90. The van der Waals surface area contributed by atoms with E-state index in [0.717, 1.165) is 24.0 Å². The predicted molar refractivity (Wildman–Crippen MR) is 95.1 cm³/mol. The Morgan fingerprint density at radius 3 is 2.79 bits per heavy atom. The Kier molecular flexibility index (Phi) is 5.35. The van der Waals surface area contributed by atoms with Crippen LogP contribution in [-0.2, 0) is 6.42 Å². The largest absolute Gasteiger partial charge is 0.357 e. The lowest BCUT2D eigenvalue weighted by atomic mass is 10.2. The molecule has 128 valence electrons. The minimum atomic E-state index is 0.544. The van der Waals surface area contributed by atoms with Crippen molar-refractivity contribution < 1.29 is 4.52 Å². The molecule has 0 amide bonds. The summed E-state index contributed by atoms with van der Waals surface area (Å²) >= 11 is 5.89. The van der Waals surface area contributed by atoms with Gasteiger partial charge < -0.3 is 15.2 Å². The van der Waals surface area contributed by atoms with Crippen LogP contribution in [0.5, 0.6) is 0 Å². The Labute approximate surface area is 146 Å². The van der Waals surface area contributed by atoms with Gasteiger partial charge in [0.05, 0.1) is 6.54 Å². The molecule has 1 saturated carbocycles. The molecule has 0 saturated heterocycles. The molecule has 24 heavy (non-hydrogen) atoms. The third kappa shape index (κ3) is 4.47. The van der Waals surface area contributed by atoms with Crippen LogP contribution < -0.4 is 10.6 Å². The fourth-order valence-electron chi connectivity index (χ4n) is 2.35. The van der Waals surface area contributed by atoms with E-state index in [-0.39, 0.29) is 0 Å². The highest BCUT2D eigenvalue weighted by atomic mass is 35.5. The Hall–Kier alpha value is -2.08. The number of benzene rings is 1. The highest BCUT2D eigenvalue weighted by Crippen LogP contribution is 2.28. The van der Waals surface area contributed by atoms with Gasteiger partial charge in [0.15, 0.2) is 5.96 Å². The van der Waals surface area contributed by atoms with Crippen LogP contribution in [0.3, 0.4) is 0 Å². The molecule has 1 aliphatic rings. The van der Waals surface area contributed by atoms with Crippen molar-refractivity contribution in [1.29, 1.82) is 0 Å². The molecular formula is C17H22ClN5O. The van der Waals surface area contributed by atoms with Gasteiger partial charge in [0.2, 0.25) is 11.7 Å². The Balaban J connectivity index is 1.56. The molecule has 1 fully saturated rings. The zero-order valence-corrected chi connectivity index (χ0v) is 14.7. The molecule has 3 rings (SSSR count). The molecule has 7 heteroatoms. The first-order chi connectivity index (χ1) is 11.7. The second kappa shape index (κ2) is 7.66. The van der Waals surface area contributed by atoms with Crippen molar-refractivity contribution in [2.24, 2.45) is 10.9 Å². The minimum Gasteiger partial charge on any atom is -0.357 e. The summed E-state index contributed by atoms with van der Waals surface area (Å²) in [7, 11) is 0. The highest BCUT2D eigenvalue weighted by Gasteiger charge is 2.33. The summed E-state index contributed by atoms with van der Waals surface area (Å²) in [6.07, 6.45) is 1.82. The second-order valence-corrected chi connectivity index (χ2v) is 6.43. The molecule has 2 atom stereocenters. The van der Waals surface area contributed by atoms with E-state index in [1.54, 1.807) is 0 Å². The number of aromatic nitrogens is 2. The van der Waals surface area contributed by atoms with Crippen LogP contribution in [0.2, 0.25) is 5.02 Å². The Morgan fingerprint density at radius 2 is 2.12 bits per heavy atom. The summed E-state index contributed by atoms with van der Waals surface area (Å²) in [5, 5.41) is 11.4. The van der Waals surface area contributed by atoms with Crippen LogP contribution in [0.1, 0.15) is 26.2 Å². The molecule has 2 unspecified atom stereocenters. The van der Waals surface area contributed by atoms with E-state index in [2.05, 4.69) is 39.6 Å². The molecule has 1 aromatic carbocycles. The molecule has 0 radical (unpaired) electrons. The van der Waals surface area contributed by atoms with Crippen molar-refractivity contribution in [3.05, 3.63) is 35.2 Å². The molecule has 1 heterocycles. The molecule has 2 N–H and O–H groups in total. The van der Waals surface area contributed by atoms with Gasteiger partial charge in [-0.25, -0.2) is 0 Å². The molecular weight excluding hydrogens is 326 g/mol. The summed E-state index contributed by atoms with van der Waals surface area (Å²) in [6, 6.07) is 7.91. The molecule has 1 aromatic heterocycles. The van der Waals surface area contributed by atoms with Crippen LogP contribution in [-0.4, -0.2) is 35.2 Å². The number of halogens is 1. The summed E-state index contributed by atoms with van der Waals surface area (Å²) < 4.78 is 5.30. The van der Waals surface area contributed by atoms with Crippen molar-refractivity contribution in [3.63, 3.8) is 0 Å². The number of hydrogen-bond acceptors (Lipinski definition) is 4. The summed E-state index contributed by atoms with van der Waals surface area (Å²) in [6.45, 7) is 5.73. The van der Waals surface area contributed by atoms with E-state index in [0.29, 0.717) is 35.7 Å². The zero-order valence-electron chi connectivity index (χ0n) is 13.9. The van der Waals surface area contributed by atoms with Crippen LogP contribution in [0.25, 0.3) is 11.4 Å². The SMILES string of the molecule is CCNC(=NCCc1nc(-c2ccc(Cl)cc2)no1)NC1CC1C. The highest BCUT2D eigenvalue weighted by molar-refractivity contribution is 6.30. The normalized spacial score (nSPS) is 20.0. The second-order valence-electron chi connectivity index (χ2n) is 5.99. The number of nitrogens with one attached hydrogen (secondary N) is 2. The van der Waals surface area contributed by atoms with Crippen LogP contribution >= 0.6 is 11.6 Å². The van der Waals surface area contributed by atoms with E-state index in [1.165, 1.54) is 6.42 Å². The molecule has 6 nitrogen and oxygen atoms in total. The van der Waals surface area contributed by atoms with Crippen LogP contribution in [0, 0.1) is 5.92 Å². The maximum atomic E-state index is 5.89. The number of guanidine groups is 1. The van der Waals surface area contributed by atoms with Crippen molar-refractivity contribution in [3.8, 4) is 11.4 Å². The summed E-state index contributed by atoms with van der Waals surface area (Å²) in [5.41, 5.74) is 0.885. The van der Waals surface area contributed by atoms with E-state index in [4.69, 9.17) is 16.1 Å². The first kappa shape index (κ1) is 16.8. The van der Waals surface area contributed by atoms with Crippen molar-refractivity contribution in [2.45, 2.75) is 32.7 Å². The van der Waals surface area contributed by atoms with Crippen molar-refractivity contribution in [1.82, 2.24) is 20.8 Å². The zero-order chi connectivity index (χ0) is 16.9. The summed E-state index contributed by atoms with van der Waals surface area (Å²) in [4.78, 5) is 8.97. The van der Waals surface area contributed by atoms with Gasteiger partial charge in [0, 0.05) is 29.6 Å². The smallest absolute Gasteiger partial charge is 0.228 e. The van der Waals surface area contributed by atoms with E-state index in [9.17, 15) is 0 Å². The quantitative estimate of drug-likeness (QED) is 0.620. The van der Waals surface area contributed by atoms with Gasteiger partial charge in [-0.05, 0) is 43.5 Å². The maximum Gasteiger partial charge on any atom is 0.228 e. The molecule has 0 aliphatic heterocycles. The lowest BCUT2D eigenvalue weighted by Crippen LogP contribution is -2.39. The van der Waals surface area contributed by atoms with E-state index >= 15 is 0 Å². The fourth-order valence-corrected chi connectivity index (χ4v) is 2.48. The lowest BCUT2D eigenvalue weighted by Gasteiger charge is -2.10. The van der Waals surface area contributed by atoms with Gasteiger partial charge in [0.25, 0.3) is 0 Å². The van der Waals surface area contributed by atoms with E-state index in [1.807, 2.05) is 24.3 Å². The first-order valence-electron chi connectivity index (χ1n) is 8.29. The fraction of sp³-hybridized carbons (Fsp3) is 0.471. The van der Waals surface area contributed by atoms with Gasteiger partial charge in [-0.2, -0.15) is 4.98 Å². The molecule has 1 aliphatic carbocycles. The van der Waals surface area contributed by atoms with Crippen LogP contribution in [0.15, 0.2) is 33.8 Å². The van der Waals surface area contributed by atoms with Gasteiger partial charge in [0.1, 0.15) is 0 Å². The minimum absolute atomic E-state index is 0.544. The average Bonchev–Trinajstić information content (AvgIpc) is 3.07. The van der Waals surface area contributed by atoms with Gasteiger partial charge in [-0.1, -0.05) is 23.7 Å². The number of aliphatic imine (C=N–C) groups is 1. The van der Waals surface area contributed by atoms with Gasteiger partial charge in [-0.15, -0.1) is 0 Å². The number of rotatable bonds is 6. The van der Waals surface area contributed by atoms with Crippen molar-refractivity contribution in [2.75, 3.05) is 13.1 Å². The standard InChI is InChI=1S/C17H22ClN5O/c1-3-19-17(21-14-10-11(14)2)20-9-8-15-22-16(23-24-15)12-4-6-13(18)7-5-12/h4-7,11,14H,3,8-10H2,1-2H3,(H2,19,20,21). The first-order valence-corrected chi connectivity index (χ1v) is 8.67. The monoisotopic (exact) mass is 347 g/mol. The lowest BCUT2D eigenvalue weighted by molar-refractivity contribution is 0.380. The average molecular weight is 348 g/mol. The third-order valence-electron chi connectivity index (χ3n) is 3.94. The molecule has 2 aromatic rings. The number of hydrogen-bond donors (Lipinski definition) is 2. The topological polar surface area (TPSA) is 75.3 Å². The Morgan fingerprint density at radius 1 is 1.38 bits per heavy atom. The molecule has 0 spiro atoms. The maximum absolute atomic E-state index is 5.89. The summed E-state index contributed by atoms with van der Waals surface area (Å²) in [5.74, 6) is 2.73. The van der Waals surface area contributed by atoms with Crippen LogP contribution in [0.4, 0.5) is 0 Å². The number of nitrogens with zero attached hydrogens (tertiary/aromatic N) is 3. The molecule has 0 bridgehead atoms.